The van der Waals surface area contributed by atoms with Crippen LogP contribution in [0.1, 0.15) is 41.6 Å². The highest BCUT2D eigenvalue weighted by atomic mass is 16.2. The molecule has 0 N–H and O–H groups in total. The van der Waals surface area contributed by atoms with Crippen LogP contribution in [-0.4, -0.2) is 42.0 Å². The van der Waals surface area contributed by atoms with Crippen LogP contribution in [0.2, 0.25) is 0 Å². The molecule has 5 rings (SSSR count). The number of hydrogen-bond acceptors (Lipinski definition) is 3. The maximum Gasteiger partial charge on any atom is 0.257 e. The summed E-state index contributed by atoms with van der Waals surface area (Å²) >= 11 is 0. The number of aromatic nitrogens is 1. The van der Waals surface area contributed by atoms with E-state index < -0.39 is 0 Å². The molecule has 3 aromatic rings. The number of likely N-dealkylation sites (tertiary alicyclic amines) is 1. The highest BCUT2D eigenvalue weighted by Crippen LogP contribution is 2.34. The molecule has 0 saturated carbocycles. The van der Waals surface area contributed by atoms with Crippen molar-refractivity contribution in [2.45, 2.75) is 25.7 Å². The molecule has 152 valence electrons. The lowest BCUT2D eigenvalue weighted by atomic mass is 9.98. The smallest absolute Gasteiger partial charge is 0.257 e. The van der Waals surface area contributed by atoms with Gasteiger partial charge in [0.15, 0.2) is 0 Å². The van der Waals surface area contributed by atoms with Gasteiger partial charge in [0, 0.05) is 37.8 Å². The Balaban J connectivity index is 1.52. The number of hydrogen-bond donors (Lipinski definition) is 0. The maximum absolute atomic E-state index is 13.4. The van der Waals surface area contributed by atoms with Crippen LogP contribution in [0.4, 0.5) is 5.69 Å². The zero-order valence-electron chi connectivity index (χ0n) is 17.3. The summed E-state index contributed by atoms with van der Waals surface area (Å²) in [4.78, 5) is 22.4. The van der Waals surface area contributed by atoms with Gasteiger partial charge in [0.1, 0.15) is 0 Å². The molecular formula is C26H27N3O. The Kier molecular flexibility index (Phi) is 5.22. The number of piperidine rings is 1. The summed E-state index contributed by atoms with van der Waals surface area (Å²) in [5.74, 6) is 0.126. The number of amides is 1. The normalized spacial score (nSPS) is 17.1. The third-order valence-corrected chi connectivity index (χ3v) is 6.29. The summed E-state index contributed by atoms with van der Waals surface area (Å²) in [7, 11) is 0. The minimum Gasteiger partial charge on any atom is -0.366 e. The first-order valence-corrected chi connectivity index (χ1v) is 11.0. The number of para-hydroxylation sites is 1. The third kappa shape index (κ3) is 3.58. The summed E-state index contributed by atoms with van der Waals surface area (Å²) in [5, 5.41) is 1.07. The Morgan fingerprint density at radius 3 is 2.40 bits per heavy atom. The van der Waals surface area contributed by atoms with Crippen molar-refractivity contribution in [1.29, 1.82) is 0 Å². The van der Waals surface area contributed by atoms with Crippen molar-refractivity contribution in [3.05, 3.63) is 78.0 Å². The first-order chi connectivity index (χ1) is 14.8. The number of fused-ring (bicyclic) bond motifs is 1. The molecule has 1 fully saturated rings. The Morgan fingerprint density at radius 2 is 1.63 bits per heavy atom. The summed E-state index contributed by atoms with van der Waals surface area (Å²) in [6, 6.07) is 18.8. The third-order valence-electron chi connectivity index (χ3n) is 6.29. The number of rotatable bonds is 3. The second-order valence-corrected chi connectivity index (χ2v) is 8.18. The molecule has 0 bridgehead atoms. The van der Waals surface area contributed by atoms with Crippen LogP contribution in [0.3, 0.4) is 0 Å². The minimum absolute atomic E-state index is 0.126. The van der Waals surface area contributed by atoms with Gasteiger partial charge in [0.05, 0.1) is 16.8 Å². The summed E-state index contributed by atoms with van der Waals surface area (Å²) in [6.45, 7) is 3.40. The predicted octanol–water partition coefficient (Wildman–Crippen LogP) is 5.15. The van der Waals surface area contributed by atoms with Gasteiger partial charge in [-0.3, -0.25) is 9.78 Å². The number of carbonyl (C=O) groups is 1. The zero-order chi connectivity index (χ0) is 20.3. The largest absolute Gasteiger partial charge is 0.366 e. The first kappa shape index (κ1) is 18.9. The standard InChI is InChI=1S/C26H27N3O/c30-26(29-15-7-2-8-16-29)23-19-27-24-12-6-5-11-22(24)25(23)28-17-13-21(14-18-28)20-9-3-1-4-10-20/h1,3-6,9-13,19H,2,7-8,14-18H2. The van der Waals surface area contributed by atoms with Crippen molar-refractivity contribution in [2.75, 3.05) is 31.1 Å². The zero-order valence-corrected chi connectivity index (χ0v) is 17.3. The second kappa shape index (κ2) is 8.31. The van der Waals surface area contributed by atoms with Crippen molar-refractivity contribution in [3.8, 4) is 0 Å². The van der Waals surface area contributed by atoms with Crippen molar-refractivity contribution < 1.29 is 4.79 Å². The SMILES string of the molecule is O=C(c1cnc2ccccc2c1N1CC=C(c2ccccc2)CC1)N1CCCCC1. The quantitative estimate of drug-likeness (QED) is 0.613. The molecule has 1 amide bonds. The molecule has 30 heavy (non-hydrogen) atoms. The molecule has 0 aliphatic carbocycles. The average molecular weight is 398 g/mol. The van der Waals surface area contributed by atoms with Gasteiger partial charge in [-0.2, -0.15) is 0 Å². The van der Waals surface area contributed by atoms with Crippen LogP contribution < -0.4 is 4.90 Å². The number of carbonyl (C=O) groups excluding carboxylic acids is 1. The van der Waals surface area contributed by atoms with Crippen LogP contribution in [0, 0.1) is 0 Å². The van der Waals surface area contributed by atoms with Crippen LogP contribution in [0.5, 0.6) is 0 Å². The number of benzene rings is 2. The summed E-state index contributed by atoms with van der Waals surface area (Å²) in [5.41, 5.74) is 5.41. The van der Waals surface area contributed by atoms with E-state index in [1.165, 1.54) is 17.6 Å². The molecule has 0 spiro atoms. The van der Waals surface area contributed by atoms with Gasteiger partial charge in [-0.15, -0.1) is 0 Å². The minimum atomic E-state index is 0.126. The highest BCUT2D eigenvalue weighted by Gasteiger charge is 2.26. The predicted molar refractivity (Wildman–Crippen MR) is 123 cm³/mol. The van der Waals surface area contributed by atoms with Crippen LogP contribution in [0.25, 0.3) is 16.5 Å². The van der Waals surface area contributed by atoms with E-state index in [9.17, 15) is 4.79 Å². The molecule has 1 aromatic heterocycles. The number of nitrogens with zero attached hydrogens (tertiary/aromatic N) is 3. The molecule has 0 unspecified atom stereocenters. The maximum atomic E-state index is 13.4. The number of pyridine rings is 1. The van der Waals surface area contributed by atoms with E-state index in [-0.39, 0.29) is 5.91 Å². The van der Waals surface area contributed by atoms with Crippen molar-refractivity contribution >= 4 is 28.1 Å². The van der Waals surface area contributed by atoms with Crippen LogP contribution in [0.15, 0.2) is 66.9 Å². The summed E-state index contributed by atoms with van der Waals surface area (Å²) < 4.78 is 0. The molecule has 2 aliphatic rings. The van der Waals surface area contributed by atoms with Crippen molar-refractivity contribution in [1.82, 2.24) is 9.88 Å². The monoisotopic (exact) mass is 397 g/mol. The average Bonchev–Trinajstić information content (AvgIpc) is 2.84. The van der Waals surface area contributed by atoms with Crippen molar-refractivity contribution in [2.24, 2.45) is 0 Å². The van der Waals surface area contributed by atoms with Gasteiger partial charge in [-0.1, -0.05) is 54.6 Å². The Morgan fingerprint density at radius 1 is 0.867 bits per heavy atom. The molecular weight excluding hydrogens is 370 g/mol. The fraction of sp³-hybridized carbons (Fsp3) is 0.308. The fourth-order valence-electron chi connectivity index (χ4n) is 4.68. The molecule has 2 aromatic carbocycles. The van der Waals surface area contributed by atoms with Gasteiger partial charge < -0.3 is 9.80 Å². The van der Waals surface area contributed by atoms with Gasteiger partial charge in [-0.05, 0) is 42.9 Å². The fourth-order valence-corrected chi connectivity index (χ4v) is 4.68. The molecule has 4 nitrogen and oxygen atoms in total. The Labute approximate surface area is 177 Å². The van der Waals surface area contributed by atoms with Gasteiger partial charge >= 0.3 is 0 Å². The van der Waals surface area contributed by atoms with Crippen molar-refractivity contribution in [3.63, 3.8) is 0 Å². The molecule has 4 heteroatoms. The second-order valence-electron chi connectivity index (χ2n) is 8.18. The molecule has 0 atom stereocenters. The summed E-state index contributed by atoms with van der Waals surface area (Å²) in [6.07, 6.45) is 8.47. The Hall–Kier alpha value is -3.14. The highest BCUT2D eigenvalue weighted by molar-refractivity contribution is 6.07. The molecule has 1 saturated heterocycles. The number of anilines is 1. The first-order valence-electron chi connectivity index (χ1n) is 11.0. The van der Waals surface area contributed by atoms with Gasteiger partial charge in [0.25, 0.3) is 5.91 Å². The van der Waals surface area contributed by atoms with Gasteiger partial charge in [0.2, 0.25) is 0 Å². The topological polar surface area (TPSA) is 36.4 Å². The lowest BCUT2D eigenvalue weighted by molar-refractivity contribution is 0.0724. The van der Waals surface area contributed by atoms with E-state index in [1.54, 1.807) is 6.20 Å². The molecule has 2 aliphatic heterocycles. The molecule has 3 heterocycles. The van der Waals surface area contributed by atoms with Crippen LogP contribution in [-0.2, 0) is 0 Å². The van der Waals surface area contributed by atoms with E-state index >= 15 is 0 Å². The lowest BCUT2D eigenvalue weighted by Crippen LogP contribution is -2.37. The van der Waals surface area contributed by atoms with E-state index in [2.05, 4.69) is 52.4 Å². The van der Waals surface area contributed by atoms with E-state index in [4.69, 9.17) is 0 Å². The van der Waals surface area contributed by atoms with E-state index in [0.717, 1.165) is 67.6 Å². The molecule has 0 radical (unpaired) electrons. The Bertz CT molecular complexity index is 1080. The van der Waals surface area contributed by atoms with Crippen LogP contribution >= 0.6 is 0 Å². The van der Waals surface area contributed by atoms with E-state index in [0.29, 0.717) is 0 Å². The lowest BCUT2D eigenvalue weighted by Gasteiger charge is -2.33. The van der Waals surface area contributed by atoms with Gasteiger partial charge in [-0.25, -0.2) is 0 Å². The van der Waals surface area contributed by atoms with E-state index in [1.807, 2.05) is 23.1 Å².